The molecule has 1 aliphatic rings. The quantitative estimate of drug-likeness (QED) is 0.611. The van der Waals surface area contributed by atoms with Crippen molar-refractivity contribution < 1.29 is 9.47 Å². The standard InChI is InChI=1S/C16H16N2O2/c1-19-15-7-8-16(20-2)14-6-4-11(3-5-13(14)15)12(9-17)10-18/h7-8H,3-6H2,1-2H3. The minimum absolute atomic E-state index is 0.246. The molecule has 0 aliphatic heterocycles. The van der Waals surface area contributed by atoms with Crippen LogP contribution in [0.15, 0.2) is 23.3 Å². The molecule has 4 nitrogen and oxygen atoms in total. The Kier molecular flexibility index (Phi) is 4.27. The lowest BCUT2D eigenvalue weighted by Crippen LogP contribution is -1.99. The van der Waals surface area contributed by atoms with E-state index < -0.39 is 0 Å². The fraction of sp³-hybridized carbons (Fsp3) is 0.375. The molecule has 20 heavy (non-hydrogen) atoms. The lowest BCUT2D eigenvalue weighted by molar-refractivity contribution is 0.395. The highest BCUT2D eigenvalue weighted by Crippen LogP contribution is 2.36. The molecule has 0 radical (unpaired) electrons. The van der Waals surface area contributed by atoms with E-state index in [2.05, 4.69) is 0 Å². The number of methoxy groups -OCH3 is 2. The van der Waals surface area contributed by atoms with Crippen molar-refractivity contribution in [3.05, 3.63) is 34.4 Å². The number of benzene rings is 1. The van der Waals surface area contributed by atoms with Crippen molar-refractivity contribution in [2.75, 3.05) is 14.2 Å². The SMILES string of the molecule is COc1ccc(OC)c2c1CCC(=C(C#N)C#N)CC2. The number of hydrogen-bond acceptors (Lipinski definition) is 4. The van der Waals surface area contributed by atoms with Gasteiger partial charge in [0.15, 0.2) is 0 Å². The van der Waals surface area contributed by atoms with E-state index in [0.717, 1.165) is 41.0 Å². The summed E-state index contributed by atoms with van der Waals surface area (Å²) in [5, 5.41) is 18.0. The summed E-state index contributed by atoms with van der Waals surface area (Å²) >= 11 is 0. The molecule has 0 heterocycles. The summed E-state index contributed by atoms with van der Waals surface area (Å²) in [5.74, 6) is 1.69. The van der Waals surface area contributed by atoms with Gasteiger partial charge in [0.2, 0.25) is 0 Å². The van der Waals surface area contributed by atoms with Crippen molar-refractivity contribution in [2.24, 2.45) is 0 Å². The molecule has 102 valence electrons. The Labute approximate surface area is 118 Å². The molecule has 0 amide bonds. The van der Waals surface area contributed by atoms with Gasteiger partial charge >= 0.3 is 0 Å². The molecule has 1 aliphatic carbocycles. The third-order valence-corrected chi connectivity index (χ3v) is 3.72. The zero-order valence-electron chi connectivity index (χ0n) is 11.7. The maximum atomic E-state index is 9.01. The third-order valence-electron chi connectivity index (χ3n) is 3.72. The molecule has 1 aromatic rings. The first-order valence-electron chi connectivity index (χ1n) is 6.50. The summed E-state index contributed by atoms with van der Waals surface area (Å²) in [5.41, 5.74) is 3.42. The number of nitriles is 2. The van der Waals surface area contributed by atoms with Crippen LogP contribution in [0.1, 0.15) is 24.0 Å². The number of fused-ring (bicyclic) bond motifs is 1. The Bertz CT molecular complexity index is 580. The van der Waals surface area contributed by atoms with Crippen LogP contribution in [0.4, 0.5) is 0 Å². The highest BCUT2D eigenvalue weighted by molar-refractivity contribution is 5.51. The molecule has 0 atom stereocenters. The first kappa shape index (κ1) is 14.0. The van der Waals surface area contributed by atoms with Gasteiger partial charge in [0, 0.05) is 11.1 Å². The average molecular weight is 268 g/mol. The second-order valence-electron chi connectivity index (χ2n) is 4.63. The van der Waals surface area contributed by atoms with Crippen LogP contribution >= 0.6 is 0 Å². The van der Waals surface area contributed by atoms with Gasteiger partial charge in [0.1, 0.15) is 29.2 Å². The number of hydrogen-bond donors (Lipinski definition) is 0. The van der Waals surface area contributed by atoms with Gasteiger partial charge < -0.3 is 9.47 Å². The summed E-state index contributed by atoms with van der Waals surface area (Å²) < 4.78 is 10.8. The molecule has 0 saturated carbocycles. The normalized spacial score (nSPS) is 13.5. The highest BCUT2D eigenvalue weighted by Gasteiger charge is 2.20. The van der Waals surface area contributed by atoms with E-state index in [0.29, 0.717) is 12.8 Å². The molecule has 4 heteroatoms. The van der Waals surface area contributed by atoms with Crippen molar-refractivity contribution in [1.29, 1.82) is 10.5 Å². The first-order chi connectivity index (χ1) is 9.74. The van der Waals surface area contributed by atoms with E-state index in [-0.39, 0.29) is 5.57 Å². The highest BCUT2D eigenvalue weighted by atomic mass is 16.5. The smallest absolute Gasteiger partial charge is 0.128 e. The Balaban J connectivity index is 2.46. The number of nitrogens with zero attached hydrogens (tertiary/aromatic N) is 2. The molecule has 0 bridgehead atoms. The summed E-state index contributed by atoms with van der Waals surface area (Å²) in [7, 11) is 3.30. The van der Waals surface area contributed by atoms with Crippen LogP contribution in [0.25, 0.3) is 0 Å². The third kappa shape index (κ3) is 2.46. The van der Waals surface area contributed by atoms with Crippen LogP contribution in [-0.4, -0.2) is 14.2 Å². The van der Waals surface area contributed by atoms with E-state index in [9.17, 15) is 0 Å². The average Bonchev–Trinajstić information content (AvgIpc) is 2.71. The zero-order chi connectivity index (χ0) is 14.5. The van der Waals surface area contributed by atoms with Gasteiger partial charge in [-0.3, -0.25) is 0 Å². The Morgan fingerprint density at radius 1 is 0.900 bits per heavy atom. The number of rotatable bonds is 2. The number of ether oxygens (including phenoxy) is 2. The molecule has 0 fully saturated rings. The van der Waals surface area contributed by atoms with Crippen LogP contribution in [0.5, 0.6) is 11.5 Å². The van der Waals surface area contributed by atoms with Gasteiger partial charge in [0.25, 0.3) is 0 Å². The maximum Gasteiger partial charge on any atom is 0.128 e. The van der Waals surface area contributed by atoms with Crippen LogP contribution in [0.2, 0.25) is 0 Å². The Morgan fingerprint density at radius 3 is 1.70 bits per heavy atom. The maximum absolute atomic E-state index is 9.01. The fourth-order valence-electron chi connectivity index (χ4n) is 2.69. The second-order valence-corrected chi connectivity index (χ2v) is 4.63. The van der Waals surface area contributed by atoms with Crippen molar-refractivity contribution in [2.45, 2.75) is 25.7 Å². The van der Waals surface area contributed by atoms with E-state index in [4.69, 9.17) is 20.0 Å². The topological polar surface area (TPSA) is 66.0 Å². The first-order valence-corrected chi connectivity index (χ1v) is 6.50. The van der Waals surface area contributed by atoms with Crippen molar-refractivity contribution in [3.63, 3.8) is 0 Å². The van der Waals surface area contributed by atoms with Gasteiger partial charge in [-0.25, -0.2) is 0 Å². The van der Waals surface area contributed by atoms with E-state index in [1.165, 1.54) is 0 Å². The molecular formula is C16H16N2O2. The predicted molar refractivity (Wildman–Crippen MR) is 74.4 cm³/mol. The van der Waals surface area contributed by atoms with Gasteiger partial charge in [-0.1, -0.05) is 0 Å². The summed E-state index contributed by atoms with van der Waals surface area (Å²) in [6.07, 6.45) is 2.95. The molecule has 0 spiro atoms. The zero-order valence-corrected chi connectivity index (χ0v) is 11.7. The van der Waals surface area contributed by atoms with Crippen LogP contribution in [0, 0.1) is 22.7 Å². The van der Waals surface area contributed by atoms with Crippen molar-refractivity contribution >= 4 is 0 Å². The lowest BCUT2D eigenvalue weighted by Gasteiger charge is -2.14. The van der Waals surface area contributed by atoms with Crippen LogP contribution in [0.3, 0.4) is 0 Å². The monoisotopic (exact) mass is 268 g/mol. The van der Waals surface area contributed by atoms with Gasteiger partial charge in [-0.15, -0.1) is 0 Å². The summed E-state index contributed by atoms with van der Waals surface area (Å²) in [4.78, 5) is 0. The Morgan fingerprint density at radius 2 is 1.35 bits per heavy atom. The predicted octanol–water partition coefficient (Wildman–Crippen LogP) is 2.93. The van der Waals surface area contributed by atoms with Gasteiger partial charge in [0.05, 0.1) is 14.2 Å². The lowest BCUT2D eigenvalue weighted by atomic mass is 10.0. The molecule has 0 saturated heterocycles. The van der Waals surface area contributed by atoms with E-state index in [1.54, 1.807) is 14.2 Å². The minimum Gasteiger partial charge on any atom is -0.496 e. The second kappa shape index (κ2) is 6.12. The fourth-order valence-corrected chi connectivity index (χ4v) is 2.69. The van der Waals surface area contributed by atoms with Gasteiger partial charge in [-0.2, -0.15) is 10.5 Å². The summed E-state index contributed by atoms with van der Waals surface area (Å²) in [6.45, 7) is 0. The largest absolute Gasteiger partial charge is 0.496 e. The van der Waals surface area contributed by atoms with Crippen LogP contribution < -0.4 is 9.47 Å². The van der Waals surface area contributed by atoms with Crippen molar-refractivity contribution in [3.8, 4) is 23.6 Å². The molecular weight excluding hydrogens is 252 g/mol. The molecule has 0 aromatic heterocycles. The summed E-state index contributed by atoms with van der Waals surface area (Å²) in [6, 6.07) is 7.79. The van der Waals surface area contributed by atoms with Crippen molar-refractivity contribution in [1.82, 2.24) is 0 Å². The van der Waals surface area contributed by atoms with E-state index in [1.807, 2.05) is 24.3 Å². The molecule has 0 unspecified atom stereocenters. The molecule has 2 rings (SSSR count). The number of allylic oxidation sites excluding steroid dienone is 2. The van der Waals surface area contributed by atoms with Gasteiger partial charge in [-0.05, 0) is 43.4 Å². The minimum atomic E-state index is 0.246. The molecule has 1 aromatic carbocycles. The Hall–Kier alpha value is -2.46. The molecule has 0 N–H and O–H groups in total. The van der Waals surface area contributed by atoms with Crippen LogP contribution in [-0.2, 0) is 12.8 Å². The van der Waals surface area contributed by atoms with E-state index >= 15 is 0 Å².